The molecule has 0 aliphatic heterocycles. The molecule has 0 fully saturated rings. The van der Waals surface area contributed by atoms with Gasteiger partial charge in [-0.15, -0.1) is 0 Å². The predicted molar refractivity (Wildman–Crippen MR) is 79.8 cm³/mol. The Balaban J connectivity index is 2.32. The fraction of sp³-hybridized carbons (Fsp3) is 0.571. The summed E-state index contributed by atoms with van der Waals surface area (Å²) in [7, 11) is 1.72. The van der Waals surface area contributed by atoms with Crippen LogP contribution in [0.2, 0.25) is 0 Å². The number of rotatable bonds is 11. The minimum absolute atomic E-state index is 0.325. The fourth-order valence-corrected chi connectivity index (χ4v) is 1.78. The maximum atomic E-state index is 9.17. The van der Waals surface area contributed by atoms with E-state index >= 15 is 0 Å². The summed E-state index contributed by atoms with van der Waals surface area (Å²) in [6.07, 6.45) is 0.862. The topological polar surface area (TPSA) is 77.4 Å². The molecule has 1 rings (SSSR count). The third-order valence-electron chi connectivity index (χ3n) is 2.87. The molecule has 0 bridgehead atoms. The highest BCUT2D eigenvalue weighted by Gasteiger charge is 2.13. The van der Waals surface area contributed by atoms with Gasteiger partial charge in [0.25, 0.3) is 0 Å². The molecule has 1 aromatic carbocycles. The Morgan fingerprint density at radius 2 is 1.76 bits per heavy atom. The standard InChI is InChI=1S/C14H23BO6/c1-18-6-3-7-20-8-9-21-11-12-10-13(15(16)17)4-5-14(12)19-2/h4-5,10,16-17H,3,6-9,11H2,1-2H3. The Labute approximate surface area is 125 Å². The molecule has 0 aliphatic rings. The van der Waals surface area contributed by atoms with E-state index in [4.69, 9.17) is 29.0 Å². The molecule has 0 heterocycles. The number of ether oxygens (including phenoxy) is 4. The van der Waals surface area contributed by atoms with Crippen LogP contribution in [0, 0.1) is 0 Å². The maximum Gasteiger partial charge on any atom is 0.488 e. The molecule has 0 spiro atoms. The number of hydrogen-bond donors (Lipinski definition) is 2. The van der Waals surface area contributed by atoms with Crippen molar-refractivity contribution in [3.05, 3.63) is 23.8 Å². The third kappa shape index (κ3) is 6.92. The van der Waals surface area contributed by atoms with Crippen molar-refractivity contribution in [3.63, 3.8) is 0 Å². The quantitative estimate of drug-likeness (QED) is 0.440. The van der Waals surface area contributed by atoms with E-state index < -0.39 is 7.12 Å². The van der Waals surface area contributed by atoms with Crippen molar-refractivity contribution in [3.8, 4) is 5.75 Å². The van der Waals surface area contributed by atoms with Crippen LogP contribution in [0.5, 0.6) is 5.75 Å². The molecule has 0 saturated heterocycles. The predicted octanol–water partition coefficient (Wildman–Crippen LogP) is -0.0553. The summed E-state index contributed by atoms with van der Waals surface area (Å²) >= 11 is 0. The molecule has 118 valence electrons. The lowest BCUT2D eigenvalue weighted by Crippen LogP contribution is -2.30. The van der Waals surface area contributed by atoms with Gasteiger partial charge in [-0.05, 0) is 17.9 Å². The van der Waals surface area contributed by atoms with E-state index in [1.165, 1.54) is 0 Å². The summed E-state index contributed by atoms with van der Waals surface area (Å²) in [5.41, 5.74) is 1.17. The molecule has 21 heavy (non-hydrogen) atoms. The average Bonchev–Trinajstić information content (AvgIpc) is 2.49. The zero-order chi connectivity index (χ0) is 15.5. The van der Waals surface area contributed by atoms with Gasteiger partial charge in [0.05, 0.1) is 26.9 Å². The minimum atomic E-state index is -1.50. The molecule has 0 atom stereocenters. The van der Waals surface area contributed by atoms with Gasteiger partial charge >= 0.3 is 7.12 Å². The SMILES string of the molecule is COCCCOCCOCc1cc(B(O)O)ccc1OC. The molecular weight excluding hydrogens is 275 g/mol. The highest BCUT2D eigenvalue weighted by molar-refractivity contribution is 6.58. The van der Waals surface area contributed by atoms with Crippen molar-refractivity contribution in [1.29, 1.82) is 0 Å². The van der Waals surface area contributed by atoms with E-state index in [-0.39, 0.29) is 0 Å². The summed E-state index contributed by atoms with van der Waals surface area (Å²) < 4.78 is 21.0. The Morgan fingerprint density at radius 3 is 2.43 bits per heavy atom. The third-order valence-corrected chi connectivity index (χ3v) is 2.87. The van der Waals surface area contributed by atoms with Gasteiger partial charge in [-0.1, -0.05) is 12.1 Å². The van der Waals surface area contributed by atoms with Crippen LogP contribution in [-0.4, -0.2) is 57.8 Å². The molecule has 1 aromatic rings. The smallest absolute Gasteiger partial charge is 0.488 e. The van der Waals surface area contributed by atoms with E-state index in [1.807, 2.05) is 0 Å². The highest BCUT2D eigenvalue weighted by Crippen LogP contribution is 2.17. The molecule has 0 saturated carbocycles. The van der Waals surface area contributed by atoms with Crippen LogP contribution in [0.25, 0.3) is 0 Å². The molecule has 0 aliphatic carbocycles. The lowest BCUT2D eigenvalue weighted by atomic mass is 9.79. The van der Waals surface area contributed by atoms with Crippen LogP contribution in [0.3, 0.4) is 0 Å². The Morgan fingerprint density at radius 1 is 1.00 bits per heavy atom. The second kappa shape index (κ2) is 10.6. The van der Waals surface area contributed by atoms with Crippen LogP contribution < -0.4 is 10.2 Å². The summed E-state index contributed by atoms with van der Waals surface area (Å²) in [5.74, 6) is 0.653. The molecule has 6 nitrogen and oxygen atoms in total. The number of benzene rings is 1. The second-order valence-corrected chi connectivity index (χ2v) is 4.46. The van der Waals surface area contributed by atoms with Gasteiger partial charge < -0.3 is 29.0 Å². The first-order valence-electron chi connectivity index (χ1n) is 6.86. The Hall–Kier alpha value is -1.12. The van der Waals surface area contributed by atoms with Crippen LogP contribution in [0.1, 0.15) is 12.0 Å². The van der Waals surface area contributed by atoms with E-state index in [2.05, 4.69) is 0 Å². The zero-order valence-corrected chi connectivity index (χ0v) is 12.6. The summed E-state index contributed by atoms with van der Waals surface area (Å²) in [6, 6.07) is 4.95. The van der Waals surface area contributed by atoms with Crippen molar-refractivity contribution in [1.82, 2.24) is 0 Å². The minimum Gasteiger partial charge on any atom is -0.496 e. The molecular formula is C14H23BO6. The lowest BCUT2D eigenvalue weighted by Gasteiger charge is -2.11. The molecule has 0 unspecified atom stereocenters. The van der Waals surface area contributed by atoms with Gasteiger partial charge in [0.1, 0.15) is 5.75 Å². The van der Waals surface area contributed by atoms with Gasteiger partial charge in [0.2, 0.25) is 0 Å². The normalized spacial score (nSPS) is 10.7. The van der Waals surface area contributed by atoms with Crippen LogP contribution in [0.15, 0.2) is 18.2 Å². The average molecular weight is 298 g/mol. The molecule has 0 aromatic heterocycles. The largest absolute Gasteiger partial charge is 0.496 e. The van der Waals surface area contributed by atoms with Crippen LogP contribution >= 0.6 is 0 Å². The van der Waals surface area contributed by atoms with E-state index in [0.29, 0.717) is 44.2 Å². The van der Waals surface area contributed by atoms with Crippen LogP contribution in [-0.2, 0) is 20.8 Å². The first kappa shape index (κ1) is 17.9. The van der Waals surface area contributed by atoms with Gasteiger partial charge in [0, 0.05) is 25.9 Å². The van der Waals surface area contributed by atoms with Crippen molar-refractivity contribution in [2.24, 2.45) is 0 Å². The first-order chi connectivity index (χ1) is 10.2. The summed E-state index contributed by atoms with van der Waals surface area (Å²) in [6.45, 7) is 2.63. The molecule has 2 N–H and O–H groups in total. The summed E-state index contributed by atoms with van der Waals surface area (Å²) in [5, 5.41) is 18.3. The lowest BCUT2D eigenvalue weighted by molar-refractivity contribution is 0.0332. The van der Waals surface area contributed by atoms with E-state index in [1.54, 1.807) is 32.4 Å². The molecule has 0 amide bonds. The Bertz CT molecular complexity index is 399. The Kier molecular flexibility index (Phi) is 9.04. The maximum absolute atomic E-state index is 9.17. The number of methoxy groups -OCH3 is 2. The van der Waals surface area contributed by atoms with Gasteiger partial charge in [-0.25, -0.2) is 0 Å². The van der Waals surface area contributed by atoms with Gasteiger partial charge in [0.15, 0.2) is 0 Å². The van der Waals surface area contributed by atoms with Crippen molar-refractivity contribution in [2.45, 2.75) is 13.0 Å². The number of hydrogen-bond acceptors (Lipinski definition) is 6. The molecule has 0 radical (unpaired) electrons. The fourth-order valence-electron chi connectivity index (χ4n) is 1.78. The monoisotopic (exact) mass is 298 g/mol. The van der Waals surface area contributed by atoms with E-state index in [9.17, 15) is 0 Å². The second-order valence-electron chi connectivity index (χ2n) is 4.46. The van der Waals surface area contributed by atoms with Crippen molar-refractivity contribution in [2.75, 3.05) is 40.6 Å². The zero-order valence-electron chi connectivity index (χ0n) is 12.6. The van der Waals surface area contributed by atoms with Crippen molar-refractivity contribution >= 4 is 12.6 Å². The first-order valence-corrected chi connectivity index (χ1v) is 6.86. The van der Waals surface area contributed by atoms with E-state index in [0.717, 1.165) is 12.0 Å². The molecule has 7 heteroatoms. The summed E-state index contributed by atoms with van der Waals surface area (Å²) in [4.78, 5) is 0. The van der Waals surface area contributed by atoms with Crippen molar-refractivity contribution < 1.29 is 29.0 Å². The van der Waals surface area contributed by atoms with Gasteiger partial charge in [-0.2, -0.15) is 0 Å². The highest BCUT2D eigenvalue weighted by atomic mass is 16.5. The van der Waals surface area contributed by atoms with Crippen LogP contribution in [0.4, 0.5) is 0 Å². The van der Waals surface area contributed by atoms with Gasteiger partial charge in [-0.3, -0.25) is 0 Å².